The molecule has 0 saturated carbocycles. The molecular formula is C17H36N4O2. The molecule has 1 heterocycles. The van der Waals surface area contributed by atoms with Gasteiger partial charge in [0, 0.05) is 39.4 Å². The van der Waals surface area contributed by atoms with Gasteiger partial charge in [-0.3, -0.25) is 9.89 Å². The second kappa shape index (κ2) is 11.6. The molecule has 1 fully saturated rings. The molecule has 0 spiro atoms. The van der Waals surface area contributed by atoms with Crippen molar-refractivity contribution in [2.24, 2.45) is 4.99 Å². The molecule has 0 aliphatic carbocycles. The molecule has 1 saturated heterocycles. The summed E-state index contributed by atoms with van der Waals surface area (Å²) in [6.07, 6.45) is 4.97. The maximum absolute atomic E-state index is 5.45. The van der Waals surface area contributed by atoms with E-state index in [0.29, 0.717) is 13.2 Å². The summed E-state index contributed by atoms with van der Waals surface area (Å²) in [6, 6.07) is 0. The van der Waals surface area contributed by atoms with Gasteiger partial charge in [0.2, 0.25) is 0 Å². The number of guanidine groups is 1. The Labute approximate surface area is 142 Å². The zero-order chi connectivity index (χ0) is 17.0. The van der Waals surface area contributed by atoms with E-state index in [1.807, 2.05) is 7.05 Å². The third kappa shape index (κ3) is 8.53. The molecule has 0 bridgehead atoms. The number of aliphatic imine (C=N–C) groups is 1. The van der Waals surface area contributed by atoms with E-state index in [2.05, 4.69) is 34.4 Å². The lowest BCUT2D eigenvalue weighted by Gasteiger charge is -2.41. The molecule has 23 heavy (non-hydrogen) atoms. The van der Waals surface area contributed by atoms with Crippen molar-refractivity contribution < 1.29 is 9.47 Å². The van der Waals surface area contributed by atoms with Crippen LogP contribution in [-0.4, -0.2) is 76.6 Å². The van der Waals surface area contributed by atoms with Gasteiger partial charge in [-0.15, -0.1) is 0 Å². The number of nitrogens with one attached hydrogen (secondary N) is 2. The Hall–Kier alpha value is -0.850. The monoisotopic (exact) mass is 328 g/mol. The van der Waals surface area contributed by atoms with Crippen molar-refractivity contribution in [2.45, 2.75) is 45.1 Å². The Morgan fingerprint density at radius 2 is 1.83 bits per heavy atom. The highest BCUT2D eigenvalue weighted by molar-refractivity contribution is 5.79. The van der Waals surface area contributed by atoms with Gasteiger partial charge in [-0.05, 0) is 46.2 Å². The molecule has 6 nitrogen and oxygen atoms in total. The van der Waals surface area contributed by atoms with Crippen LogP contribution in [0, 0.1) is 0 Å². The average molecular weight is 329 g/mol. The summed E-state index contributed by atoms with van der Waals surface area (Å²) in [5, 5.41) is 6.80. The van der Waals surface area contributed by atoms with Gasteiger partial charge < -0.3 is 20.1 Å². The minimum atomic E-state index is 0.154. The van der Waals surface area contributed by atoms with E-state index in [1.165, 1.54) is 32.4 Å². The third-order valence-electron chi connectivity index (χ3n) is 4.31. The first-order chi connectivity index (χ1) is 11.1. The number of ether oxygens (including phenoxy) is 2. The molecule has 1 aliphatic rings. The summed E-state index contributed by atoms with van der Waals surface area (Å²) in [6.45, 7) is 10.8. The van der Waals surface area contributed by atoms with Crippen LogP contribution in [0.5, 0.6) is 0 Å². The highest BCUT2D eigenvalue weighted by Gasteiger charge is 2.27. The average Bonchev–Trinajstić information content (AvgIpc) is 2.57. The molecule has 1 rings (SSSR count). The van der Waals surface area contributed by atoms with Crippen molar-refractivity contribution >= 4 is 5.96 Å². The van der Waals surface area contributed by atoms with Crippen LogP contribution in [-0.2, 0) is 9.47 Å². The van der Waals surface area contributed by atoms with Crippen LogP contribution < -0.4 is 10.6 Å². The van der Waals surface area contributed by atoms with E-state index in [4.69, 9.17) is 9.47 Å². The van der Waals surface area contributed by atoms with Gasteiger partial charge in [0.05, 0.1) is 13.2 Å². The number of piperidine rings is 1. The first-order valence-electron chi connectivity index (χ1n) is 8.86. The van der Waals surface area contributed by atoms with E-state index < -0.39 is 0 Å². The predicted octanol–water partition coefficient (Wildman–Crippen LogP) is 1.47. The molecule has 0 aromatic rings. The Morgan fingerprint density at radius 3 is 2.48 bits per heavy atom. The number of hydrogen-bond donors (Lipinski definition) is 2. The molecule has 2 N–H and O–H groups in total. The highest BCUT2D eigenvalue weighted by atomic mass is 16.5. The molecule has 136 valence electrons. The lowest BCUT2D eigenvalue weighted by molar-refractivity contribution is 0.0698. The van der Waals surface area contributed by atoms with Gasteiger partial charge in [-0.1, -0.05) is 6.42 Å². The Kier molecular flexibility index (Phi) is 10.2. The summed E-state index contributed by atoms with van der Waals surface area (Å²) in [4.78, 5) is 6.88. The van der Waals surface area contributed by atoms with E-state index in [-0.39, 0.29) is 5.54 Å². The van der Waals surface area contributed by atoms with Gasteiger partial charge in [-0.25, -0.2) is 0 Å². The predicted molar refractivity (Wildman–Crippen MR) is 96.2 cm³/mol. The first-order valence-corrected chi connectivity index (χ1v) is 8.86. The van der Waals surface area contributed by atoms with Gasteiger partial charge in [0.1, 0.15) is 0 Å². The summed E-state index contributed by atoms with van der Waals surface area (Å²) >= 11 is 0. The van der Waals surface area contributed by atoms with Crippen molar-refractivity contribution in [3.8, 4) is 0 Å². The van der Waals surface area contributed by atoms with Crippen LogP contribution in [0.15, 0.2) is 4.99 Å². The highest BCUT2D eigenvalue weighted by Crippen LogP contribution is 2.19. The third-order valence-corrected chi connectivity index (χ3v) is 4.31. The van der Waals surface area contributed by atoms with Gasteiger partial charge in [0.25, 0.3) is 0 Å². The number of hydrogen-bond acceptors (Lipinski definition) is 4. The number of methoxy groups -OCH3 is 1. The largest absolute Gasteiger partial charge is 0.382 e. The lowest BCUT2D eigenvalue weighted by Crippen LogP contribution is -2.54. The lowest BCUT2D eigenvalue weighted by atomic mass is 9.98. The van der Waals surface area contributed by atoms with E-state index in [1.54, 1.807) is 7.11 Å². The smallest absolute Gasteiger partial charge is 0.191 e. The van der Waals surface area contributed by atoms with Crippen molar-refractivity contribution in [3.63, 3.8) is 0 Å². The quantitative estimate of drug-likeness (QED) is 0.361. The van der Waals surface area contributed by atoms with Crippen LogP contribution in [0.3, 0.4) is 0 Å². The second-order valence-corrected chi connectivity index (χ2v) is 6.67. The van der Waals surface area contributed by atoms with Crippen molar-refractivity contribution in [1.29, 1.82) is 0 Å². The molecule has 0 unspecified atom stereocenters. The summed E-state index contributed by atoms with van der Waals surface area (Å²) < 4.78 is 10.4. The fourth-order valence-corrected chi connectivity index (χ4v) is 2.76. The molecule has 0 amide bonds. The fraction of sp³-hybridized carbons (Fsp3) is 0.941. The summed E-state index contributed by atoms with van der Waals surface area (Å²) in [7, 11) is 3.50. The first kappa shape index (κ1) is 20.2. The minimum Gasteiger partial charge on any atom is -0.382 e. The molecule has 0 atom stereocenters. The molecule has 0 aromatic heterocycles. The van der Waals surface area contributed by atoms with E-state index >= 15 is 0 Å². The van der Waals surface area contributed by atoms with Crippen LogP contribution in [0.25, 0.3) is 0 Å². The Morgan fingerprint density at radius 1 is 1.09 bits per heavy atom. The topological polar surface area (TPSA) is 58.1 Å². The number of nitrogens with zero attached hydrogens (tertiary/aromatic N) is 2. The van der Waals surface area contributed by atoms with Gasteiger partial charge >= 0.3 is 0 Å². The van der Waals surface area contributed by atoms with Crippen LogP contribution in [0.4, 0.5) is 0 Å². The zero-order valence-electron chi connectivity index (χ0n) is 15.5. The maximum Gasteiger partial charge on any atom is 0.191 e. The van der Waals surface area contributed by atoms with E-state index in [0.717, 1.165) is 32.1 Å². The SMILES string of the molecule is CN=C(NCCCOCCOC)NCC(C)(C)N1CCCCC1. The van der Waals surface area contributed by atoms with Crippen molar-refractivity contribution in [2.75, 3.05) is 60.2 Å². The minimum absolute atomic E-state index is 0.154. The molecule has 0 aromatic carbocycles. The zero-order valence-corrected chi connectivity index (χ0v) is 15.5. The van der Waals surface area contributed by atoms with E-state index in [9.17, 15) is 0 Å². The second-order valence-electron chi connectivity index (χ2n) is 6.67. The number of likely N-dealkylation sites (tertiary alicyclic amines) is 1. The fourth-order valence-electron chi connectivity index (χ4n) is 2.76. The summed E-state index contributed by atoms with van der Waals surface area (Å²) in [5.74, 6) is 0.868. The van der Waals surface area contributed by atoms with Gasteiger partial charge in [-0.2, -0.15) is 0 Å². The van der Waals surface area contributed by atoms with Crippen molar-refractivity contribution in [1.82, 2.24) is 15.5 Å². The molecule has 6 heteroatoms. The Bertz CT molecular complexity index is 329. The standard InChI is InChI=1S/C17H36N4O2/c1-17(2,21-10-6-5-7-11-21)15-20-16(18-3)19-9-8-12-23-14-13-22-4/h5-15H2,1-4H3,(H2,18,19,20). The Balaban J connectivity index is 2.17. The normalized spacial score (nSPS) is 17.3. The molecule has 0 radical (unpaired) electrons. The van der Waals surface area contributed by atoms with Crippen molar-refractivity contribution in [3.05, 3.63) is 0 Å². The van der Waals surface area contributed by atoms with Crippen LogP contribution in [0.1, 0.15) is 39.5 Å². The maximum atomic E-state index is 5.45. The molecular weight excluding hydrogens is 292 g/mol. The van der Waals surface area contributed by atoms with Crippen LogP contribution in [0.2, 0.25) is 0 Å². The summed E-state index contributed by atoms with van der Waals surface area (Å²) in [5.41, 5.74) is 0.154. The molecule has 1 aliphatic heterocycles. The van der Waals surface area contributed by atoms with Gasteiger partial charge in [0.15, 0.2) is 5.96 Å². The van der Waals surface area contributed by atoms with Crippen LogP contribution >= 0.6 is 0 Å². The number of rotatable bonds is 10.